The Kier molecular flexibility index (Phi) is 5.69. The summed E-state index contributed by atoms with van der Waals surface area (Å²) in [5.41, 5.74) is 3.69. The molecule has 0 saturated carbocycles. The van der Waals surface area contributed by atoms with Crippen LogP contribution in [0.2, 0.25) is 0 Å². The van der Waals surface area contributed by atoms with Crippen LogP contribution < -0.4 is 5.32 Å². The van der Waals surface area contributed by atoms with E-state index < -0.39 is 0 Å². The van der Waals surface area contributed by atoms with Gasteiger partial charge in [-0.15, -0.1) is 10.2 Å². The average Bonchev–Trinajstić information content (AvgIpc) is 2.97. The highest BCUT2D eigenvalue weighted by Crippen LogP contribution is 2.27. The molecule has 1 aromatic heterocycles. The van der Waals surface area contributed by atoms with Crippen molar-refractivity contribution in [3.63, 3.8) is 0 Å². The number of fused-ring (bicyclic) bond motifs is 1. The van der Waals surface area contributed by atoms with E-state index in [-0.39, 0.29) is 11.7 Å². The maximum Gasteiger partial charge on any atom is 0.224 e. The molecule has 2 aromatic carbocycles. The lowest BCUT2D eigenvalue weighted by atomic mass is 10.1. The number of halogens is 1. The zero-order valence-electron chi connectivity index (χ0n) is 16.6. The van der Waals surface area contributed by atoms with Gasteiger partial charge in [0.25, 0.3) is 0 Å². The predicted octanol–water partition coefficient (Wildman–Crippen LogP) is 4.69. The first-order chi connectivity index (χ1) is 14.1. The van der Waals surface area contributed by atoms with Gasteiger partial charge in [0.2, 0.25) is 5.91 Å². The fourth-order valence-corrected chi connectivity index (χ4v) is 3.72. The lowest BCUT2D eigenvalue weighted by Crippen LogP contribution is -2.13. The predicted molar refractivity (Wildman–Crippen MR) is 111 cm³/mol. The van der Waals surface area contributed by atoms with E-state index in [1.54, 1.807) is 12.1 Å². The van der Waals surface area contributed by atoms with Crippen LogP contribution in [-0.4, -0.2) is 20.7 Å². The third kappa shape index (κ3) is 4.53. The Morgan fingerprint density at radius 3 is 2.76 bits per heavy atom. The molecule has 0 atom stereocenters. The van der Waals surface area contributed by atoms with E-state index in [2.05, 4.69) is 20.1 Å². The second-order valence-electron chi connectivity index (χ2n) is 7.61. The van der Waals surface area contributed by atoms with Crippen molar-refractivity contribution in [1.82, 2.24) is 14.8 Å². The topological polar surface area (TPSA) is 59.8 Å². The molecule has 0 spiro atoms. The van der Waals surface area contributed by atoms with Gasteiger partial charge in [-0.1, -0.05) is 30.7 Å². The summed E-state index contributed by atoms with van der Waals surface area (Å²) in [6, 6.07) is 12.3. The van der Waals surface area contributed by atoms with Crippen molar-refractivity contribution in [2.75, 3.05) is 5.32 Å². The molecule has 0 bridgehead atoms. The van der Waals surface area contributed by atoms with Crippen LogP contribution in [0.15, 0.2) is 42.5 Å². The van der Waals surface area contributed by atoms with Gasteiger partial charge in [-0.25, -0.2) is 4.39 Å². The Balaban J connectivity index is 1.48. The van der Waals surface area contributed by atoms with Gasteiger partial charge < -0.3 is 9.88 Å². The molecule has 4 rings (SSSR count). The normalized spacial score (nSPS) is 13.6. The van der Waals surface area contributed by atoms with Crippen LogP contribution in [-0.2, 0) is 24.2 Å². The van der Waals surface area contributed by atoms with Crippen molar-refractivity contribution >= 4 is 11.6 Å². The van der Waals surface area contributed by atoms with Crippen LogP contribution in [0.3, 0.4) is 0 Å². The van der Waals surface area contributed by atoms with E-state index in [4.69, 9.17) is 0 Å². The van der Waals surface area contributed by atoms with Crippen molar-refractivity contribution in [2.24, 2.45) is 0 Å². The molecule has 0 aliphatic carbocycles. The van der Waals surface area contributed by atoms with Gasteiger partial charge in [-0.2, -0.15) is 0 Å². The zero-order valence-corrected chi connectivity index (χ0v) is 16.6. The fourth-order valence-electron chi connectivity index (χ4n) is 3.72. The third-order valence-electron chi connectivity index (χ3n) is 5.43. The van der Waals surface area contributed by atoms with E-state index in [0.717, 1.165) is 59.8 Å². The van der Waals surface area contributed by atoms with Gasteiger partial charge in [-0.3, -0.25) is 4.79 Å². The van der Waals surface area contributed by atoms with Crippen molar-refractivity contribution in [1.29, 1.82) is 0 Å². The maximum absolute atomic E-state index is 13.0. The number of hydrogen-bond donors (Lipinski definition) is 1. The monoisotopic (exact) mass is 392 g/mol. The van der Waals surface area contributed by atoms with Crippen LogP contribution in [0.5, 0.6) is 0 Å². The number of benzene rings is 2. The zero-order chi connectivity index (χ0) is 20.2. The number of nitrogens with zero attached hydrogens (tertiary/aromatic N) is 3. The van der Waals surface area contributed by atoms with Gasteiger partial charge in [0.05, 0.1) is 0 Å². The summed E-state index contributed by atoms with van der Waals surface area (Å²) in [7, 11) is 0. The number of aromatic nitrogens is 3. The molecular formula is C23H25FN4O. The van der Waals surface area contributed by atoms with E-state index in [9.17, 15) is 9.18 Å². The highest BCUT2D eigenvalue weighted by atomic mass is 19.1. The van der Waals surface area contributed by atoms with Crippen molar-refractivity contribution in [2.45, 2.75) is 52.0 Å². The Morgan fingerprint density at radius 1 is 1.10 bits per heavy atom. The SMILES string of the molecule is Cc1ccc(-c2nnc3n2CCCCC3)cc1NC(=O)CCc1ccc(F)cc1. The summed E-state index contributed by atoms with van der Waals surface area (Å²) >= 11 is 0. The average molecular weight is 392 g/mol. The Bertz CT molecular complexity index is 1010. The maximum atomic E-state index is 13.0. The van der Waals surface area contributed by atoms with Gasteiger partial charge in [0.1, 0.15) is 11.6 Å². The van der Waals surface area contributed by atoms with E-state index in [0.29, 0.717) is 12.8 Å². The lowest BCUT2D eigenvalue weighted by Gasteiger charge is -2.12. The Hall–Kier alpha value is -3.02. The summed E-state index contributed by atoms with van der Waals surface area (Å²) in [5, 5.41) is 11.8. The summed E-state index contributed by atoms with van der Waals surface area (Å²) < 4.78 is 15.2. The Morgan fingerprint density at radius 2 is 1.93 bits per heavy atom. The second kappa shape index (κ2) is 8.55. The summed E-state index contributed by atoms with van der Waals surface area (Å²) in [6.07, 6.45) is 5.38. The number of aryl methyl sites for hydroxylation is 3. The number of amides is 1. The van der Waals surface area contributed by atoms with Crippen LogP contribution in [0.1, 0.15) is 42.6 Å². The molecule has 150 valence electrons. The molecule has 0 radical (unpaired) electrons. The quantitative estimate of drug-likeness (QED) is 0.685. The minimum atomic E-state index is -0.267. The lowest BCUT2D eigenvalue weighted by molar-refractivity contribution is -0.116. The summed E-state index contributed by atoms with van der Waals surface area (Å²) in [6.45, 7) is 2.91. The molecule has 0 unspecified atom stereocenters. The first kappa shape index (κ1) is 19.3. The summed E-state index contributed by atoms with van der Waals surface area (Å²) in [4.78, 5) is 12.5. The molecular weight excluding hydrogens is 367 g/mol. The highest BCUT2D eigenvalue weighted by molar-refractivity contribution is 5.92. The number of nitrogens with one attached hydrogen (secondary N) is 1. The molecule has 1 aliphatic rings. The smallest absolute Gasteiger partial charge is 0.224 e. The molecule has 0 saturated heterocycles. The first-order valence-electron chi connectivity index (χ1n) is 10.2. The third-order valence-corrected chi connectivity index (χ3v) is 5.43. The van der Waals surface area contributed by atoms with E-state index >= 15 is 0 Å². The van der Waals surface area contributed by atoms with Crippen molar-refractivity contribution < 1.29 is 9.18 Å². The largest absolute Gasteiger partial charge is 0.326 e. The van der Waals surface area contributed by atoms with Crippen molar-refractivity contribution in [3.05, 3.63) is 65.2 Å². The van der Waals surface area contributed by atoms with Gasteiger partial charge in [0.15, 0.2) is 5.82 Å². The highest BCUT2D eigenvalue weighted by Gasteiger charge is 2.17. The van der Waals surface area contributed by atoms with Gasteiger partial charge in [-0.05, 0) is 55.5 Å². The first-order valence-corrected chi connectivity index (χ1v) is 10.2. The molecule has 6 heteroatoms. The fraction of sp³-hybridized carbons (Fsp3) is 0.348. The second-order valence-corrected chi connectivity index (χ2v) is 7.61. The van der Waals surface area contributed by atoms with Crippen molar-refractivity contribution in [3.8, 4) is 11.4 Å². The van der Waals surface area contributed by atoms with Crippen LogP contribution in [0.4, 0.5) is 10.1 Å². The van der Waals surface area contributed by atoms with Crippen LogP contribution in [0, 0.1) is 12.7 Å². The standard InChI is InChI=1S/C23H25FN4O/c1-16-6-10-18(23-27-26-21-5-3-2-4-14-28(21)23)15-20(16)25-22(29)13-9-17-7-11-19(24)12-8-17/h6-8,10-12,15H,2-5,9,13-14H2,1H3,(H,25,29). The molecule has 3 aromatic rings. The van der Waals surface area contributed by atoms with Gasteiger partial charge in [0, 0.05) is 30.6 Å². The molecule has 2 heterocycles. The van der Waals surface area contributed by atoms with E-state index in [1.807, 2.05) is 25.1 Å². The molecule has 5 nitrogen and oxygen atoms in total. The Labute approximate surface area is 170 Å². The molecule has 1 aliphatic heterocycles. The number of carbonyl (C=O) groups is 1. The summed E-state index contributed by atoms with van der Waals surface area (Å²) in [5.74, 6) is 1.58. The molecule has 29 heavy (non-hydrogen) atoms. The van der Waals surface area contributed by atoms with Crippen LogP contribution in [0.25, 0.3) is 11.4 Å². The van der Waals surface area contributed by atoms with E-state index in [1.165, 1.54) is 18.6 Å². The molecule has 1 amide bonds. The number of rotatable bonds is 5. The molecule has 0 fully saturated rings. The minimum absolute atomic E-state index is 0.0605. The van der Waals surface area contributed by atoms with Gasteiger partial charge >= 0.3 is 0 Å². The van der Waals surface area contributed by atoms with Crippen LogP contribution >= 0.6 is 0 Å². The minimum Gasteiger partial charge on any atom is -0.326 e. The number of carbonyl (C=O) groups excluding carboxylic acids is 1. The molecule has 1 N–H and O–H groups in total. The number of anilines is 1. The number of hydrogen-bond acceptors (Lipinski definition) is 3.